The summed E-state index contributed by atoms with van der Waals surface area (Å²) >= 11 is 0. The molecule has 4 rings (SSSR count). The standard InChI is InChI=1S/C27H35N3.C2H4/c1-9-12-17(2)19-15-18(26(3,4)5)16-21-23(19)24-28-20-13-10-11-14-22(20)30(24)25(29-21)27(6,7)8;1-2/h10-11,13-17H,9,12H2,1-8H3;1-2H2. The molecule has 1 atom stereocenters. The summed E-state index contributed by atoms with van der Waals surface area (Å²) in [4.78, 5) is 10.4. The van der Waals surface area contributed by atoms with Crippen LogP contribution < -0.4 is 0 Å². The van der Waals surface area contributed by atoms with Gasteiger partial charge in [0.25, 0.3) is 0 Å². The van der Waals surface area contributed by atoms with Gasteiger partial charge in [-0.1, -0.05) is 80.0 Å². The lowest BCUT2D eigenvalue weighted by molar-refractivity contribution is 0.542. The van der Waals surface area contributed by atoms with Gasteiger partial charge in [0.2, 0.25) is 0 Å². The molecule has 0 saturated heterocycles. The number of hydrogen-bond donors (Lipinski definition) is 0. The summed E-state index contributed by atoms with van der Waals surface area (Å²) in [6, 6.07) is 13.2. The summed E-state index contributed by atoms with van der Waals surface area (Å²) in [5.41, 5.74) is 7.01. The maximum atomic E-state index is 5.30. The molecule has 170 valence electrons. The zero-order chi connectivity index (χ0) is 23.8. The van der Waals surface area contributed by atoms with Crippen LogP contribution in [-0.4, -0.2) is 14.4 Å². The molecule has 1 unspecified atom stereocenters. The van der Waals surface area contributed by atoms with Crippen LogP contribution in [0.15, 0.2) is 49.6 Å². The fourth-order valence-electron chi connectivity index (χ4n) is 4.47. The van der Waals surface area contributed by atoms with Crippen LogP contribution in [0.2, 0.25) is 0 Å². The topological polar surface area (TPSA) is 30.2 Å². The predicted octanol–water partition coefficient (Wildman–Crippen LogP) is 8.34. The van der Waals surface area contributed by atoms with Crippen LogP contribution in [0.4, 0.5) is 0 Å². The van der Waals surface area contributed by atoms with Gasteiger partial charge in [0.1, 0.15) is 11.5 Å². The second-order valence-electron chi connectivity index (χ2n) is 10.8. The van der Waals surface area contributed by atoms with Crippen molar-refractivity contribution in [1.29, 1.82) is 0 Å². The maximum Gasteiger partial charge on any atom is 0.149 e. The van der Waals surface area contributed by atoms with Crippen LogP contribution in [0.1, 0.15) is 91.1 Å². The summed E-state index contributed by atoms with van der Waals surface area (Å²) in [5, 5.41) is 1.22. The van der Waals surface area contributed by atoms with Gasteiger partial charge in [-0.15, -0.1) is 13.2 Å². The van der Waals surface area contributed by atoms with E-state index in [0.29, 0.717) is 5.92 Å². The Bertz CT molecular complexity index is 1250. The van der Waals surface area contributed by atoms with Crippen LogP contribution in [0.5, 0.6) is 0 Å². The summed E-state index contributed by atoms with van der Waals surface area (Å²) in [6.45, 7) is 24.2. The first-order valence-electron chi connectivity index (χ1n) is 11.8. The van der Waals surface area contributed by atoms with Crippen molar-refractivity contribution >= 4 is 27.6 Å². The Balaban J connectivity index is 0.00000141. The highest BCUT2D eigenvalue weighted by atomic mass is 15.1. The molecule has 2 aromatic heterocycles. The van der Waals surface area contributed by atoms with Gasteiger partial charge in [0.15, 0.2) is 0 Å². The minimum atomic E-state index is -0.0944. The van der Waals surface area contributed by atoms with Crippen molar-refractivity contribution in [2.24, 2.45) is 0 Å². The first-order valence-corrected chi connectivity index (χ1v) is 11.8. The minimum absolute atomic E-state index is 0.0741. The van der Waals surface area contributed by atoms with Crippen molar-refractivity contribution in [3.05, 3.63) is 66.5 Å². The lowest BCUT2D eigenvalue weighted by Crippen LogP contribution is -2.20. The van der Waals surface area contributed by atoms with E-state index in [-0.39, 0.29) is 10.8 Å². The van der Waals surface area contributed by atoms with E-state index < -0.39 is 0 Å². The smallest absolute Gasteiger partial charge is 0.149 e. The van der Waals surface area contributed by atoms with Gasteiger partial charge in [0.05, 0.1) is 16.6 Å². The summed E-state index contributed by atoms with van der Waals surface area (Å²) in [5.74, 6) is 1.53. The van der Waals surface area contributed by atoms with E-state index in [1.807, 2.05) is 0 Å². The molecule has 0 aliphatic carbocycles. The van der Waals surface area contributed by atoms with Crippen LogP contribution in [0, 0.1) is 0 Å². The average Bonchev–Trinajstić information content (AvgIpc) is 3.12. The molecule has 2 aromatic carbocycles. The first-order chi connectivity index (χ1) is 15.0. The SMILES string of the molecule is C=C.CCCC(C)c1cc(C(C)(C)C)cc2nc(C(C)(C)C)n3c4ccccc4nc3c12. The van der Waals surface area contributed by atoms with E-state index in [2.05, 4.69) is 109 Å². The molecule has 0 radical (unpaired) electrons. The van der Waals surface area contributed by atoms with Gasteiger partial charge >= 0.3 is 0 Å². The van der Waals surface area contributed by atoms with Crippen LogP contribution >= 0.6 is 0 Å². The number of benzene rings is 2. The Morgan fingerprint density at radius 2 is 1.56 bits per heavy atom. The lowest BCUT2D eigenvalue weighted by Gasteiger charge is -2.25. The Kier molecular flexibility index (Phi) is 6.51. The number of nitrogens with zero attached hydrogens (tertiary/aromatic N) is 3. The van der Waals surface area contributed by atoms with E-state index in [4.69, 9.17) is 9.97 Å². The first kappa shape index (κ1) is 24.0. The zero-order valence-corrected chi connectivity index (χ0v) is 21.2. The quantitative estimate of drug-likeness (QED) is 0.306. The number of para-hydroxylation sites is 2. The van der Waals surface area contributed by atoms with E-state index in [9.17, 15) is 0 Å². The largest absolute Gasteiger partial charge is 0.279 e. The molecule has 0 amide bonds. The van der Waals surface area contributed by atoms with Gasteiger partial charge in [-0.25, -0.2) is 9.97 Å². The van der Waals surface area contributed by atoms with Crippen molar-refractivity contribution in [2.75, 3.05) is 0 Å². The minimum Gasteiger partial charge on any atom is -0.279 e. The molecule has 0 N–H and O–H groups in total. The normalized spacial score (nSPS) is 13.4. The molecule has 0 aliphatic heterocycles. The van der Waals surface area contributed by atoms with Crippen LogP contribution in [-0.2, 0) is 10.8 Å². The number of imidazole rings is 1. The molecule has 2 heterocycles. The molecule has 3 heteroatoms. The van der Waals surface area contributed by atoms with Gasteiger partial charge in [-0.2, -0.15) is 0 Å². The number of aromatic nitrogens is 3. The second kappa shape index (κ2) is 8.69. The fraction of sp³-hybridized carbons (Fsp3) is 0.448. The van der Waals surface area contributed by atoms with E-state index in [0.717, 1.165) is 34.4 Å². The summed E-state index contributed by atoms with van der Waals surface area (Å²) in [6.07, 6.45) is 2.33. The third kappa shape index (κ3) is 4.18. The van der Waals surface area contributed by atoms with Gasteiger partial charge in [0, 0.05) is 10.8 Å². The summed E-state index contributed by atoms with van der Waals surface area (Å²) in [7, 11) is 0. The third-order valence-electron chi connectivity index (χ3n) is 6.16. The highest BCUT2D eigenvalue weighted by Crippen LogP contribution is 2.38. The van der Waals surface area contributed by atoms with E-state index in [1.54, 1.807) is 0 Å². The van der Waals surface area contributed by atoms with Crippen molar-refractivity contribution in [3.8, 4) is 0 Å². The number of rotatable bonds is 3. The molecule has 0 fully saturated rings. The monoisotopic (exact) mass is 429 g/mol. The predicted molar refractivity (Wildman–Crippen MR) is 140 cm³/mol. The fourth-order valence-corrected chi connectivity index (χ4v) is 4.47. The number of fused-ring (bicyclic) bond motifs is 5. The van der Waals surface area contributed by atoms with Crippen LogP contribution in [0.25, 0.3) is 27.6 Å². The van der Waals surface area contributed by atoms with Crippen molar-refractivity contribution in [2.45, 2.75) is 85.0 Å². The zero-order valence-electron chi connectivity index (χ0n) is 21.2. The highest BCUT2D eigenvalue weighted by molar-refractivity contribution is 5.99. The third-order valence-corrected chi connectivity index (χ3v) is 6.16. The molecule has 0 aliphatic rings. The highest BCUT2D eigenvalue weighted by Gasteiger charge is 2.26. The molecule has 0 saturated carbocycles. The second-order valence-corrected chi connectivity index (χ2v) is 10.8. The average molecular weight is 430 g/mol. The molecular weight excluding hydrogens is 390 g/mol. The molecular formula is C29H39N3. The Hall–Kier alpha value is -2.68. The lowest BCUT2D eigenvalue weighted by atomic mass is 9.82. The van der Waals surface area contributed by atoms with Crippen molar-refractivity contribution in [3.63, 3.8) is 0 Å². The molecule has 0 bridgehead atoms. The van der Waals surface area contributed by atoms with Crippen molar-refractivity contribution in [1.82, 2.24) is 14.4 Å². The van der Waals surface area contributed by atoms with Gasteiger partial charge in [-0.05, 0) is 47.1 Å². The Morgan fingerprint density at radius 3 is 2.16 bits per heavy atom. The molecule has 0 spiro atoms. The Morgan fingerprint density at radius 1 is 0.906 bits per heavy atom. The maximum absolute atomic E-state index is 5.30. The summed E-state index contributed by atoms with van der Waals surface area (Å²) < 4.78 is 2.30. The Labute approximate surface area is 193 Å². The molecule has 3 nitrogen and oxygen atoms in total. The molecule has 4 aromatic rings. The van der Waals surface area contributed by atoms with Gasteiger partial charge in [-0.3, -0.25) is 4.40 Å². The molecule has 32 heavy (non-hydrogen) atoms. The van der Waals surface area contributed by atoms with E-state index >= 15 is 0 Å². The number of hydrogen-bond acceptors (Lipinski definition) is 2. The van der Waals surface area contributed by atoms with Gasteiger partial charge < -0.3 is 0 Å². The van der Waals surface area contributed by atoms with Crippen LogP contribution in [0.3, 0.4) is 0 Å². The van der Waals surface area contributed by atoms with Crippen molar-refractivity contribution < 1.29 is 0 Å². The van der Waals surface area contributed by atoms with E-state index in [1.165, 1.54) is 22.9 Å².